The third-order valence-electron chi connectivity index (χ3n) is 8.67. The molecule has 14 nitrogen and oxygen atoms in total. The molecule has 54 heavy (non-hydrogen) atoms. The van der Waals surface area contributed by atoms with Crippen LogP contribution in [0.1, 0.15) is 41.7 Å². The maximum absolute atomic E-state index is 12.9. The standard InChI is InChI=1S/C22H24N4O4.C17H16N4O2.ClH/c1-22(2,3)30-21(28)26-13-11-25(12-14-26)20(27)17-9-6-8-16(23-17)19-24-15-7-4-5-10-18(15)29-19;22-17(21-10-8-18-9-11-21)14-6-3-5-13(19-14)16-20-12-4-1-2-7-15(12)23-16;/h4-10H,11-14H2,1-3H3;1-7,18H,8-11H2;1H. The second-order valence-electron chi connectivity index (χ2n) is 13.7. The molecule has 3 amide bonds. The molecule has 6 heterocycles. The maximum atomic E-state index is 12.9. The fraction of sp³-hybridized carbons (Fsp3) is 0.308. The van der Waals surface area contributed by atoms with E-state index >= 15 is 0 Å². The summed E-state index contributed by atoms with van der Waals surface area (Å²) in [6.07, 6.45) is -0.356. The molecule has 2 N–H and O–H groups in total. The van der Waals surface area contributed by atoms with Crippen LogP contribution in [0, 0.1) is 0 Å². The molecule has 0 radical (unpaired) electrons. The second kappa shape index (κ2) is 16.4. The summed E-state index contributed by atoms with van der Waals surface area (Å²) in [4.78, 5) is 60.7. The number of quaternary nitrogens is 1. The van der Waals surface area contributed by atoms with Crippen LogP contribution in [0.25, 0.3) is 45.4 Å². The number of hydrogen-bond donors (Lipinski definition) is 1. The van der Waals surface area contributed by atoms with E-state index in [1.54, 1.807) is 34.1 Å². The molecule has 0 spiro atoms. The van der Waals surface area contributed by atoms with E-state index in [1.165, 1.54) is 0 Å². The Labute approximate surface area is 317 Å². The van der Waals surface area contributed by atoms with Crippen LogP contribution >= 0.6 is 0 Å². The number of piperazine rings is 2. The number of rotatable bonds is 4. The molecule has 0 aliphatic carbocycles. The van der Waals surface area contributed by atoms with Gasteiger partial charge in [-0.1, -0.05) is 36.4 Å². The number of oxazole rings is 2. The molecule has 280 valence electrons. The van der Waals surface area contributed by atoms with Crippen LogP contribution in [0.15, 0.2) is 93.8 Å². The molecule has 15 heteroatoms. The fourth-order valence-corrected chi connectivity index (χ4v) is 6.01. The highest BCUT2D eigenvalue weighted by atomic mass is 35.5. The molecule has 2 fully saturated rings. The fourth-order valence-electron chi connectivity index (χ4n) is 6.01. The average molecular weight is 753 g/mol. The Hall–Kier alpha value is -5.86. The number of hydrogen-bond acceptors (Lipinski definition) is 10. The number of ether oxygens (including phenoxy) is 1. The Bertz CT molecular complexity index is 2190. The first-order chi connectivity index (χ1) is 25.6. The van der Waals surface area contributed by atoms with Crippen molar-refractivity contribution in [2.24, 2.45) is 0 Å². The Morgan fingerprint density at radius 3 is 1.50 bits per heavy atom. The van der Waals surface area contributed by atoms with Gasteiger partial charge in [-0.05, 0) is 69.3 Å². The number of halogens is 1. The molecule has 0 saturated carbocycles. The van der Waals surface area contributed by atoms with Crippen LogP contribution in [-0.2, 0) is 4.74 Å². The number of nitrogens with zero attached hydrogens (tertiary/aromatic N) is 7. The van der Waals surface area contributed by atoms with Gasteiger partial charge in [0.25, 0.3) is 11.8 Å². The largest absolute Gasteiger partial charge is 1.00 e. The molecule has 0 unspecified atom stereocenters. The molecule has 2 saturated heterocycles. The van der Waals surface area contributed by atoms with Gasteiger partial charge in [-0.15, -0.1) is 0 Å². The van der Waals surface area contributed by atoms with Crippen molar-refractivity contribution in [1.82, 2.24) is 34.6 Å². The van der Waals surface area contributed by atoms with E-state index in [0.717, 1.165) is 37.2 Å². The highest BCUT2D eigenvalue weighted by Crippen LogP contribution is 2.24. The zero-order valence-electron chi connectivity index (χ0n) is 30.3. The molecule has 2 aliphatic heterocycles. The normalized spacial score (nSPS) is 14.6. The summed E-state index contributed by atoms with van der Waals surface area (Å²) >= 11 is 0. The van der Waals surface area contributed by atoms with Crippen LogP contribution in [0.3, 0.4) is 0 Å². The number of benzene rings is 2. The minimum absolute atomic E-state index is 0. The molecule has 0 bridgehead atoms. The number of nitrogens with two attached hydrogens (primary N) is 1. The van der Waals surface area contributed by atoms with Gasteiger partial charge in [0.2, 0.25) is 11.8 Å². The summed E-state index contributed by atoms with van der Waals surface area (Å²) < 4.78 is 16.9. The van der Waals surface area contributed by atoms with Crippen LogP contribution in [0.5, 0.6) is 0 Å². The first kappa shape index (κ1) is 37.9. The minimum Gasteiger partial charge on any atom is -1.00 e. The highest BCUT2D eigenvalue weighted by Gasteiger charge is 2.29. The molecule has 2 aliphatic rings. The predicted molar refractivity (Wildman–Crippen MR) is 196 cm³/mol. The van der Waals surface area contributed by atoms with E-state index in [2.05, 4.69) is 25.3 Å². The Morgan fingerprint density at radius 2 is 1.04 bits per heavy atom. The number of aromatic nitrogens is 4. The smallest absolute Gasteiger partial charge is 0.410 e. The van der Waals surface area contributed by atoms with Gasteiger partial charge in [-0.25, -0.2) is 24.7 Å². The van der Waals surface area contributed by atoms with Gasteiger partial charge in [0.1, 0.15) is 39.4 Å². The van der Waals surface area contributed by atoms with Crippen molar-refractivity contribution in [3.05, 3.63) is 96.3 Å². The number of carbonyl (C=O) groups excluding carboxylic acids is 3. The van der Waals surface area contributed by atoms with E-state index in [-0.39, 0.29) is 30.3 Å². The average Bonchev–Trinajstić information content (AvgIpc) is 3.83. The zero-order chi connectivity index (χ0) is 37.0. The van der Waals surface area contributed by atoms with Gasteiger partial charge >= 0.3 is 6.09 Å². The van der Waals surface area contributed by atoms with Crippen LogP contribution in [0.4, 0.5) is 4.79 Å². The van der Waals surface area contributed by atoms with Crippen LogP contribution in [-0.4, -0.2) is 111 Å². The molecular formula is C39H41ClN8O6. The number of para-hydroxylation sites is 4. The summed E-state index contributed by atoms with van der Waals surface area (Å²) in [6, 6.07) is 25.6. The van der Waals surface area contributed by atoms with E-state index < -0.39 is 5.60 Å². The van der Waals surface area contributed by atoms with E-state index in [4.69, 9.17) is 13.6 Å². The maximum Gasteiger partial charge on any atom is 0.410 e. The summed E-state index contributed by atoms with van der Waals surface area (Å²) in [6.45, 7) is 10.6. The lowest BCUT2D eigenvalue weighted by molar-refractivity contribution is -0.661. The number of carbonyl (C=O) groups is 3. The van der Waals surface area contributed by atoms with Crippen molar-refractivity contribution in [2.75, 3.05) is 52.4 Å². The Kier molecular flexibility index (Phi) is 11.5. The lowest BCUT2D eigenvalue weighted by Crippen LogP contribution is -3.00. The van der Waals surface area contributed by atoms with Crippen molar-refractivity contribution in [3.8, 4) is 23.2 Å². The zero-order valence-corrected chi connectivity index (χ0v) is 31.0. The van der Waals surface area contributed by atoms with Gasteiger partial charge in [0.15, 0.2) is 11.2 Å². The molecule has 6 aromatic rings. The van der Waals surface area contributed by atoms with Crippen LogP contribution in [0.2, 0.25) is 0 Å². The number of amides is 3. The van der Waals surface area contributed by atoms with Gasteiger partial charge in [-0.2, -0.15) is 0 Å². The van der Waals surface area contributed by atoms with Crippen LogP contribution < -0.4 is 17.7 Å². The number of pyridine rings is 2. The molecule has 8 rings (SSSR count). The third kappa shape index (κ3) is 8.84. The Morgan fingerprint density at radius 1 is 0.593 bits per heavy atom. The van der Waals surface area contributed by atoms with Crippen molar-refractivity contribution >= 4 is 40.1 Å². The van der Waals surface area contributed by atoms with Gasteiger partial charge < -0.3 is 46.0 Å². The quantitative estimate of drug-likeness (QED) is 0.279. The van der Waals surface area contributed by atoms with Gasteiger partial charge in [0, 0.05) is 26.2 Å². The molecule has 0 atom stereocenters. The van der Waals surface area contributed by atoms with E-state index in [1.807, 2.05) is 86.3 Å². The monoisotopic (exact) mass is 752 g/mol. The predicted octanol–water partition coefficient (Wildman–Crippen LogP) is 1.50. The summed E-state index contributed by atoms with van der Waals surface area (Å²) in [7, 11) is 0. The minimum atomic E-state index is -0.543. The second-order valence-corrected chi connectivity index (χ2v) is 13.7. The van der Waals surface area contributed by atoms with Gasteiger partial charge in [0.05, 0.1) is 26.2 Å². The summed E-state index contributed by atoms with van der Waals surface area (Å²) in [5.74, 6) is 0.598. The topological polar surface area (TPSA) is 165 Å². The van der Waals surface area contributed by atoms with E-state index in [0.29, 0.717) is 71.9 Å². The Balaban J connectivity index is 0.000000187. The molecule has 4 aromatic heterocycles. The number of fused-ring (bicyclic) bond motifs is 2. The molecular weight excluding hydrogens is 712 g/mol. The first-order valence-electron chi connectivity index (χ1n) is 17.7. The molecule has 2 aromatic carbocycles. The highest BCUT2D eigenvalue weighted by molar-refractivity contribution is 5.93. The van der Waals surface area contributed by atoms with Crippen molar-refractivity contribution in [3.63, 3.8) is 0 Å². The van der Waals surface area contributed by atoms with Crippen molar-refractivity contribution < 1.29 is 45.7 Å². The van der Waals surface area contributed by atoms with Crippen molar-refractivity contribution in [1.29, 1.82) is 0 Å². The first-order valence-corrected chi connectivity index (χ1v) is 17.7. The summed E-state index contributed by atoms with van der Waals surface area (Å²) in [5.41, 5.74) is 4.21. The van der Waals surface area contributed by atoms with E-state index in [9.17, 15) is 14.4 Å². The SMILES string of the molecule is CC(C)(C)OC(=O)N1CCN(C(=O)c2cccc(-c3nc4ccccc4o3)n2)CC1.O=C(c1cccc(-c2nc3ccccc3o2)n1)N1CC[NH2+]CC1.[Cl-]. The summed E-state index contributed by atoms with van der Waals surface area (Å²) in [5, 5.41) is 2.21. The third-order valence-corrected chi connectivity index (χ3v) is 8.67. The van der Waals surface area contributed by atoms with Gasteiger partial charge in [-0.3, -0.25) is 9.59 Å². The van der Waals surface area contributed by atoms with Crippen molar-refractivity contribution in [2.45, 2.75) is 26.4 Å². The lowest BCUT2D eigenvalue weighted by Gasteiger charge is -2.35. The lowest BCUT2D eigenvalue weighted by atomic mass is 10.2.